The average molecular weight is 237 g/mol. The summed E-state index contributed by atoms with van der Waals surface area (Å²) in [6, 6.07) is 9.46. The van der Waals surface area contributed by atoms with Crippen molar-refractivity contribution in [1.29, 1.82) is 0 Å². The molecule has 0 aliphatic heterocycles. The van der Waals surface area contributed by atoms with Gasteiger partial charge < -0.3 is 5.11 Å². The van der Waals surface area contributed by atoms with E-state index in [9.17, 15) is 9.50 Å². The molecule has 0 spiro atoms. The minimum atomic E-state index is -0.349. The molecule has 0 aliphatic rings. The second-order valence-corrected chi connectivity index (χ2v) is 4.03. The van der Waals surface area contributed by atoms with Gasteiger partial charge in [0.1, 0.15) is 11.6 Å². The Bertz CT molecular complexity index is 517. The van der Waals surface area contributed by atoms with Crippen LogP contribution in [0.3, 0.4) is 0 Å². The third-order valence-electron chi connectivity index (χ3n) is 2.45. The van der Waals surface area contributed by atoms with Crippen molar-refractivity contribution in [1.82, 2.24) is 0 Å². The zero-order valence-electron chi connectivity index (χ0n) is 8.67. The fraction of sp³-hybridized carbons (Fsp3) is 0.0769. The van der Waals surface area contributed by atoms with Gasteiger partial charge in [0.15, 0.2) is 0 Å². The number of phenolic OH excluding ortho intramolecular Hbond substituents is 1. The fourth-order valence-electron chi connectivity index (χ4n) is 1.69. The molecule has 0 unspecified atom stereocenters. The van der Waals surface area contributed by atoms with Crippen molar-refractivity contribution < 1.29 is 9.50 Å². The summed E-state index contributed by atoms with van der Waals surface area (Å²) in [6.07, 6.45) is 0. The second-order valence-electron chi connectivity index (χ2n) is 3.59. The molecule has 0 saturated carbocycles. The number of aryl methyl sites for hydroxylation is 1. The van der Waals surface area contributed by atoms with E-state index in [1.54, 1.807) is 31.2 Å². The van der Waals surface area contributed by atoms with E-state index in [1.807, 2.05) is 0 Å². The molecule has 0 bridgehead atoms. The summed E-state index contributed by atoms with van der Waals surface area (Å²) >= 11 is 5.73. The van der Waals surface area contributed by atoms with Crippen LogP contribution in [0, 0.1) is 12.7 Å². The normalized spacial score (nSPS) is 10.4. The molecule has 0 heterocycles. The summed E-state index contributed by atoms with van der Waals surface area (Å²) in [5.74, 6) is -0.363. The molecule has 0 aromatic heterocycles. The number of hydrogen-bond acceptors (Lipinski definition) is 1. The summed E-state index contributed by atoms with van der Waals surface area (Å²) in [6.45, 7) is 1.80. The largest absolute Gasteiger partial charge is 0.507 e. The van der Waals surface area contributed by atoms with E-state index < -0.39 is 0 Å². The van der Waals surface area contributed by atoms with Crippen molar-refractivity contribution >= 4 is 11.6 Å². The Balaban J connectivity index is 2.68. The highest BCUT2D eigenvalue weighted by molar-refractivity contribution is 6.30. The maximum absolute atomic E-state index is 13.7. The molecule has 82 valence electrons. The van der Waals surface area contributed by atoms with E-state index >= 15 is 0 Å². The third-order valence-corrected chi connectivity index (χ3v) is 2.69. The maximum Gasteiger partial charge on any atom is 0.131 e. The van der Waals surface area contributed by atoms with Crippen molar-refractivity contribution in [3.63, 3.8) is 0 Å². The van der Waals surface area contributed by atoms with Crippen LogP contribution in [0.15, 0.2) is 36.4 Å². The van der Waals surface area contributed by atoms with E-state index in [0.717, 1.165) is 5.56 Å². The van der Waals surface area contributed by atoms with Crippen molar-refractivity contribution in [3.8, 4) is 16.9 Å². The number of hydrogen-bond donors (Lipinski definition) is 1. The molecule has 2 aromatic rings. The van der Waals surface area contributed by atoms with E-state index in [2.05, 4.69) is 0 Å². The van der Waals surface area contributed by atoms with Crippen LogP contribution in [0.1, 0.15) is 5.56 Å². The van der Waals surface area contributed by atoms with Gasteiger partial charge >= 0.3 is 0 Å². The first-order valence-electron chi connectivity index (χ1n) is 4.83. The quantitative estimate of drug-likeness (QED) is 0.788. The highest BCUT2D eigenvalue weighted by Crippen LogP contribution is 2.34. The Morgan fingerprint density at radius 3 is 2.56 bits per heavy atom. The van der Waals surface area contributed by atoms with Gasteiger partial charge in [0.2, 0.25) is 0 Å². The topological polar surface area (TPSA) is 20.2 Å². The summed E-state index contributed by atoms with van der Waals surface area (Å²) in [5, 5.41) is 10.2. The lowest BCUT2D eigenvalue weighted by Crippen LogP contribution is -1.89. The molecule has 2 aromatic carbocycles. The molecule has 0 atom stereocenters. The van der Waals surface area contributed by atoms with E-state index in [1.165, 1.54) is 12.1 Å². The SMILES string of the molecule is Cc1cccc(F)c1-c1ccc(Cl)cc1O. The highest BCUT2D eigenvalue weighted by atomic mass is 35.5. The standard InChI is InChI=1S/C13H10ClFO/c1-8-3-2-4-11(15)13(8)10-6-5-9(14)7-12(10)16/h2-7,16H,1H3. The van der Waals surface area contributed by atoms with Crippen LogP contribution >= 0.6 is 11.6 Å². The van der Waals surface area contributed by atoms with Crippen molar-refractivity contribution in [2.75, 3.05) is 0 Å². The Labute approximate surface area is 98.1 Å². The summed E-state index contributed by atoms with van der Waals surface area (Å²) in [4.78, 5) is 0. The first-order valence-corrected chi connectivity index (χ1v) is 5.21. The maximum atomic E-state index is 13.7. The van der Waals surface area contributed by atoms with Gasteiger partial charge in [-0.15, -0.1) is 0 Å². The zero-order valence-corrected chi connectivity index (χ0v) is 9.42. The minimum Gasteiger partial charge on any atom is -0.507 e. The summed E-state index contributed by atoms with van der Waals surface area (Å²) in [7, 11) is 0. The monoisotopic (exact) mass is 236 g/mol. The average Bonchev–Trinajstić information content (AvgIpc) is 2.20. The van der Waals surface area contributed by atoms with E-state index in [4.69, 9.17) is 11.6 Å². The van der Waals surface area contributed by atoms with Crippen LogP contribution in [0.2, 0.25) is 5.02 Å². The molecule has 2 rings (SSSR count). The van der Waals surface area contributed by atoms with Gasteiger partial charge in [-0.1, -0.05) is 23.7 Å². The predicted molar refractivity (Wildman–Crippen MR) is 63.2 cm³/mol. The minimum absolute atomic E-state index is 0.0132. The third kappa shape index (κ3) is 1.89. The molecule has 0 amide bonds. The molecule has 0 saturated heterocycles. The lowest BCUT2D eigenvalue weighted by Gasteiger charge is -2.09. The predicted octanol–water partition coefficient (Wildman–Crippen LogP) is 4.16. The second kappa shape index (κ2) is 4.14. The van der Waals surface area contributed by atoms with E-state index in [0.29, 0.717) is 16.1 Å². The Morgan fingerprint density at radius 2 is 1.94 bits per heavy atom. The molecule has 16 heavy (non-hydrogen) atoms. The molecule has 0 radical (unpaired) electrons. The van der Waals surface area contributed by atoms with Gasteiger partial charge in [0.05, 0.1) is 0 Å². The van der Waals surface area contributed by atoms with Crippen LogP contribution < -0.4 is 0 Å². The lowest BCUT2D eigenvalue weighted by molar-refractivity contribution is 0.476. The van der Waals surface area contributed by atoms with Gasteiger partial charge in [-0.3, -0.25) is 0 Å². The first kappa shape index (κ1) is 11.0. The molecule has 1 nitrogen and oxygen atoms in total. The van der Waals surface area contributed by atoms with Gasteiger partial charge in [0, 0.05) is 16.1 Å². The van der Waals surface area contributed by atoms with Gasteiger partial charge in [-0.05, 0) is 36.8 Å². The molecule has 0 fully saturated rings. The Kier molecular flexibility index (Phi) is 2.84. The number of halogens is 2. The number of phenols is 1. The molecular weight excluding hydrogens is 227 g/mol. The zero-order chi connectivity index (χ0) is 11.7. The van der Waals surface area contributed by atoms with Crippen LogP contribution in [-0.4, -0.2) is 5.11 Å². The summed E-state index contributed by atoms with van der Waals surface area (Å²) in [5.41, 5.74) is 1.65. The lowest BCUT2D eigenvalue weighted by atomic mass is 9.99. The number of benzene rings is 2. The first-order chi connectivity index (χ1) is 7.59. The van der Waals surface area contributed by atoms with Crippen LogP contribution in [0.5, 0.6) is 5.75 Å². The molecule has 3 heteroatoms. The highest BCUT2D eigenvalue weighted by Gasteiger charge is 2.11. The molecular formula is C13H10ClFO. The van der Waals surface area contributed by atoms with Crippen LogP contribution in [0.25, 0.3) is 11.1 Å². The Morgan fingerprint density at radius 1 is 1.19 bits per heavy atom. The molecule has 1 N–H and O–H groups in total. The fourth-order valence-corrected chi connectivity index (χ4v) is 1.86. The van der Waals surface area contributed by atoms with Crippen LogP contribution in [0.4, 0.5) is 4.39 Å². The van der Waals surface area contributed by atoms with E-state index in [-0.39, 0.29) is 11.6 Å². The number of aromatic hydroxyl groups is 1. The van der Waals surface area contributed by atoms with Crippen molar-refractivity contribution in [3.05, 3.63) is 52.8 Å². The molecule has 0 aliphatic carbocycles. The van der Waals surface area contributed by atoms with Gasteiger partial charge in [-0.25, -0.2) is 4.39 Å². The Hall–Kier alpha value is -1.54. The number of rotatable bonds is 1. The van der Waals surface area contributed by atoms with Crippen molar-refractivity contribution in [2.24, 2.45) is 0 Å². The van der Waals surface area contributed by atoms with Gasteiger partial charge in [-0.2, -0.15) is 0 Å². The van der Waals surface area contributed by atoms with Crippen molar-refractivity contribution in [2.45, 2.75) is 6.92 Å². The van der Waals surface area contributed by atoms with Crippen LogP contribution in [-0.2, 0) is 0 Å². The smallest absolute Gasteiger partial charge is 0.131 e. The van der Waals surface area contributed by atoms with Gasteiger partial charge in [0.25, 0.3) is 0 Å². The summed E-state index contributed by atoms with van der Waals surface area (Å²) < 4.78 is 13.7.